The van der Waals surface area contributed by atoms with Crippen LogP contribution in [0.25, 0.3) is 0 Å². The van der Waals surface area contributed by atoms with Gasteiger partial charge in [-0.05, 0) is 47.9 Å². The topological polar surface area (TPSA) is 77.8 Å². The van der Waals surface area contributed by atoms with E-state index in [-0.39, 0.29) is 5.91 Å². The summed E-state index contributed by atoms with van der Waals surface area (Å²) in [5.74, 6) is 0.153. The van der Waals surface area contributed by atoms with Crippen molar-refractivity contribution in [1.82, 2.24) is 4.98 Å². The van der Waals surface area contributed by atoms with E-state index in [0.29, 0.717) is 28.6 Å². The largest absolute Gasteiger partial charge is 0.354 e. The molecule has 0 radical (unpaired) electrons. The molecule has 0 bridgehead atoms. The number of hydrogen-bond acceptors (Lipinski definition) is 4. The summed E-state index contributed by atoms with van der Waals surface area (Å²) in [7, 11) is 0. The Morgan fingerprint density at radius 3 is 2.48 bits per heavy atom. The minimum Gasteiger partial charge on any atom is -0.354 e. The number of amides is 1. The second kappa shape index (κ2) is 8.15. The molecule has 3 rings (SSSR count). The molecule has 27 heavy (non-hydrogen) atoms. The molecule has 0 aliphatic heterocycles. The van der Waals surface area contributed by atoms with E-state index in [1.165, 1.54) is 5.56 Å². The van der Waals surface area contributed by atoms with E-state index < -0.39 is 0 Å². The van der Waals surface area contributed by atoms with Gasteiger partial charge in [-0.15, -0.1) is 0 Å². The van der Waals surface area contributed by atoms with E-state index in [1.54, 1.807) is 30.5 Å². The Labute approximate surface area is 158 Å². The number of anilines is 3. The maximum absolute atomic E-state index is 12.5. The molecule has 5 heteroatoms. The number of nitriles is 1. The van der Waals surface area contributed by atoms with Gasteiger partial charge in [0.1, 0.15) is 11.8 Å². The summed E-state index contributed by atoms with van der Waals surface area (Å²) >= 11 is 0. The molecule has 0 fully saturated rings. The Morgan fingerprint density at radius 2 is 1.78 bits per heavy atom. The van der Waals surface area contributed by atoms with Gasteiger partial charge in [0.2, 0.25) is 0 Å². The highest BCUT2D eigenvalue weighted by atomic mass is 16.1. The molecular weight excluding hydrogens is 336 g/mol. The quantitative estimate of drug-likeness (QED) is 0.669. The van der Waals surface area contributed by atoms with Gasteiger partial charge in [0, 0.05) is 17.6 Å². The highest BCUT2D eigenvalue weighted by molar-refractivity contribution is 6.03. The molecule has 2 aromatic carbocycles. The third-order valence-corrected chi connectivity index (χ3v) is 4.15. The Balaban J connectivity index is 1.74. The predicted molar refractivity (Wildman–Crippen MR) is 107 cm³/mol. The molecule has 2 N–H and O–H groups in total. The first-order chi connectivity index (χ1) is 13.1. The summed E-state index contributed by atoms with van der Waals surface area (Å²) in [6, 6.07) is 20.5. The summed E-state index contributed by atoms with van der Waals surface area (Å²) in [4.78, 5) is 16.7. The average molecular weight is 356 g/mol. The van der Waals surface area contributed by atoms with Crippen LogP contribution in [0.1, 0.15) is 41.4 Å². The number of aromatic nitrogens is 1. The molecule has 0 spiro atoms. The van der Waals surface area contributed by atoms with Gasteiger partial charge in [-0.25, -0.2) is 0 Å². The number of carbonyl (C=O) groups excluding carboxylic acids is 1. The predicted octanol–water partition coefficient (Wildman–Crippen LogP) is 5.07. The van der Waals surface area contributed by atoms with E-state index >= 15 is 0 Å². The zero-order valence-electron chi connectivity index (χ0n) is 15.2. The van der Waals surface area contributed by atoms with Crippen LogP contribution in [0.15, 0.2) is 66.9 Å². The van der Waals surface area contributed by atoms with Gasteiger partial charge < -0.3 is 10.6 Å². The van der Waals surface area contributed by atoms with Crippen molar-refractivity contribution in [2.24, 2.45) is 0 Å². The molecule has 0 aliphatic carbocycles. The second-order valence-electron chi connectivity index (χ2n) is 6.44. The monoisotopic (exact) mass is 356 g/mol. The van der Waals surface area contributed by atoms with Crippen LogP contribution in [0.4, 0.5) is 17.1 Å². The van der Waals surface area contributed by atoms with Crippen molar-refractivity contribution in [3.8, 4) is 6.07 Å². The van der Waals surface area contributed by atoms with Crippen molar-refractivity contribution in [3.63, 3.8) is 0 Å². The van der Waals surface area contributed by atoms with Gasteiger partial charge in [0.15, 0.2) is 0 Å². The SMILES string of the molecule is CC(C)c1ccc(NC(=O)c2cc(Nc3ccccc3C#N)ccn2)cc1. The average Bonchev–Trinajstić information content (AvgIpc) is 2.69. The Kier molecular flexibility index (Phi) is 5.48. The highest BCUT2D eigenvalue weighted by Crippen LogP contribution is 2.21. The first-order valence-corrected chi connectivity index (χ1v) is 8.70. The Bertz CT molecular complexity index is 988. The van der Waals surface area contributed by atoms with Gasteiger partial charge in [-0.2, -0.15) is 5.26 Å². The normalized spacial score (nSPS) is 10.3. The number of benzene rings is 2. The lowest BCUT2D eigenvalue weighted by Gasteiger charge is -2.10. The standard InChI is InChI=1S/C22H20N4O/c1-15(2)16-7-9-18(10-8-16)26-22(27)21-13-19(11-12-24-21)25-20-6-4-3-5-17(20)14-23/h3-13,15H,1-2H3,(H,24,25)(H,26,27). The van der Waals surface area contributed by atoms with E-state index in [2.05, 4.69) is 35.5 Å². The van der Waals surface area contributed by atoms with Gasteiger partial charge in [0.25, 0.3) is 5.91 Å². The zero-order chi connectivity index (χ0) is 19.2. The molecule has 0 saturated carbocycles. The maximum atomic E-state index is 12.5. The van der Waals surface area contributed by atoms with Crippen LogP contribution < -0.4 is 10.6 Å². The van der Waals surface area contributed by atoms with E-state index in [0.717, 1.165) is 5.69 Å². The maximum Gasteiger partial charge on any atom is 0.274 e. The lowest BCUT2D eigenvalue weighted by atomic mass is 10.0. The Hall–Kier alpha value is -3.65. The van der Waals surface area contributed by atoms with Crippen LogP contribution >= 0.6 is 0 Å². The lowest BCUT2D eigenvalue weighted by Crippen LogP contribution is -2.13. The fourth-order valence-electron chi connectivity index (χ4n) is 2.62. The fourth-order valence-corrected chi connectivity index (χ4v) is 2.62. The van der Waals surface area contributed by atoms with Crippen LogP contribution in [0.2, 0.25) is 0 Å². The van der Waals surface area contributed by atoms with Crippen LogP contribution in [0, 0.1) is 11.3 Å². The third kappa shape index (κ3) is 4.50. The summed E-state index contributed by atoms with van der Waals surface area (Å²) < 4.78 is 0. The summed E-state index contributed by atoms with van der Waals surface area (Å²) in [5.41, 5.74) is 4.13. The van der Waals surface area contributed by atoms with Gasteiger partial charge in [0.05, 0.1) is 11.3 Å². The van der Waals surface area contributed by atoms with Crippen molar-refractivity contribution in [1.29, 1.82) is 5.26 Å². The molecule has 0 unspecified atom stereocenters. The first-order valence-electron chi connectivity index (χ1n) is 8.70. The van der Waals surface area contributed by atoms with Gasteiger partial charge >= 0.3 is 0 Å². The van der Waals surface area contributed by atoms with Crippen molar-refractivity contribution in [2.75, 3.05) is 10.6 Å². The highest BCUT2D eigenvalue weighted by Gasteiger charge is 2.10. The number of para-hydroxylation sites is 1. The van der Waals surface area contributed by atoms with Crippen molar-refractivity contribution in [2.45, 2.75) is 19.8 Å². The smallest absolute Gasteiger partial charge is 0.274 e. The molecule has 134 valence electrons. The fraction of sp³-hybridized carbons (Fsp3) is 0.136. The van der Waals surface area contributed by atoms with E-state index in [9.17, 15) is 10.1 Å². The molecule has 0 atom stereocenters. The first kappa shape index (κ1) is 18.2. The van der Waals surface area contributed by atoms with Gasteiger partial charge in [-0.1, -0.05) is 38.1 Å². The van der Waals surface area contributed by atoms with Gasteiger partial charge in [-0.3, -0.25) is 9.78 Å². The van der Waals surface area contributed by atoms with Crippen LogP contribution in [0.5, 0.6) is 0 Å². The summed E-state index contributed by atoms with van der Waals surface area (Å²) in [6.45, 7) is 4.25. The van der Waals surface area contributed by atoms with E-state index in [4.69, 9.17) is 0 Å². The molecule has 1 heterocycles. The van der Waals surface area contributed by atoms with Crippen molar-refractivity contribution < 1.29 is 4.79 Å². The number of pyridine rings is 1. The summed E-state index contributed by atoms with van der Waals surface area (Å²) in [5, 5.41) is 15.2. The van der Waals surface area contributed by atoms with Crippen molar-refractivity contribution in [3.05, 3.63) is 83.7 Å². The molecule has 0 saturated heterocycles. The second-order valence-corrected chi connectivity index (χ2v) is 6.44. The lowest BCUT2D eigenvalue weighted by molar-refractivity contribution is 0.102. The number of nitrogens with zero attached hydrogens (tertiary/aromatic N) is 2. The number of hydrogen-bond donors (Lipinski definition) is 2. The zero-order valence-corrected chi connectivity index (χ0v) is 15.2. The molecule has 1 aromatic heterocycles. The minimum atomic E-state index is -0.287. The molecule has 3 aromatic rings. The number of carbonyl (C=O) groups is 1. The third-order valence-electron chi connectivity index (χ3n) is 4.15. The van der Waals surface area contributed by atoms with Crippen molar-refractivity contribution >= 4 is 23.0 Å². The van der Waals surface area contributed by atoms with E-state index in [1.807, 2.05) is 36.4 Å². The number of nitrogens with one attached hydrogen (secondary N) is 2. The molecule has 0 aliphatic rings. The van der Waals surface area contributed by atoms with Crippen LogP contribution in [-0.2, 0) is 0 Å². The number of rotatable bonds is 5. The Morgan fingerprint density at radius 1 is 1.04 bits per heavy atom. The van der Waals surface area contributed by atoms with Crippen LogP contribution in [-0.4, -0.2) is 10.9 Å². The molecule has 1 amide bonds. The molecule has 5 nitrogen and oxygen atoms in total. The van der Waals surface area contributed by atoms with Crippen LogP contribution in [0.3, 0.4) is 0 Å². The summed E-state index contributed by atoms with van der Waals surface area (Å²) in [6.07, 6.45) is 1.56. The minimum absolute atomic E-state index is 0.287. The molecular formula is C22H20N4O.